The van der Waals surface area contributed by atoms with Crippen LogP contribution < -0.4 is 5.32 Å². The normalized spacial score (nSPS) is 14.4. The number of nitrogens with one attached hydrogen (secondary N) is 1. The molecule has 102 valence electrons. The van der Waals surface area contributed by atoms with Crippen molar-refractivity contribution in [1.82, 2.24) is 5.32 Å². The van der Waals surface area contributed by atoms with Crippen molar-refractivity contribution < 1.29 is 4.74 Å². The average Bonchev–Trinajstić information content (AvgIpc) is 2.38. The van der Waals surface area contributed by atoms with E-state index < -0.39 is 0 Å². The summed E-state index contributed by atoms with van der Waals surface area (Å²) in [6, 6.07) is 9.22. The molecule has 1 aromatic carbocycles. The van der Waals surface area contributed by atoms with E-state index in [4.69, 9.17) is 4.74 Å². The van der Waals surface area contributed by atoms with Crippen LogP contribution in [0.4, 0.5) is 0 Å². The third-order valence-electron chi connectivity index (χ3n) is 3.20. The lowest BCUT2D eigenvalue weighted by molar-refractivity contribution is 0.0476. The summed E-state index contributed by atoms with van der Waals surface area (Å²) in [6.45, 7) is 10.3. The van der Waals surface area contributed by atoms with Gasteiger partial charge in [-0.2, -0.15) is 0 Å². The van der Waals surface area contributed by atoms with Gasteiger partial charge in [-0.3, -0.25) is 0 Å². The van der Waals surface area contributed by atoms with Crippen molar-refractivity contribution in [1.29, 1.82) is 0 Å². The van der Waals surface area contributed by atoms with Crippen LogP contribution in [0.25, 0.3) is 0 Å². The molecular formula is C16H27NO. The molecule has 0 bridgehead atoms. The Morgan fingerprint density at radius 3 is 2.28 bits per heavy atom. The Morgan fingerprint density at radius 2 is 1.78 bits per heavy atom. The number of ether oxygens (including phenoxy) is 1. The van der Waals surface area contributed by atoms with Gasteiger partial charge in [0.2, 0.25) is 0 Å². The maximum atomic E-state index is 5.73. The molecule has 18 heavy (non-hydrogen) atoms. The molecule has 0 fully saturated rings. The zero-order valence-corrected chi connectivity index (χ0v) is 12.2. The largest absolute Gasteiger partial charge is 0.377 e. The highest BCUT2D eigenvalue weighted by Crippen LogP contribution is 2.20. The number of hydrogen-bond donors (Lipinski definition) is 1. The van der Waals surface area contributed by atoms with E-state index in [2.05, 4.69) is 50.4 Å². The quantitative estimate of drug-likeness (QED) is 0.758. The fourth-order valence-corrected chi connectivity index (χ4v) is 2.31. The second-order valence-electron chi connectivity index (χ2n) is 4.69. The maximum absolute atomic E-state index is 5.73. The van der Waals surface area contributed by atoms with Gasteiger partial charge in [0.05, 0.1) is 12.1 Å². The van der Waals surface area contributed by atoms with Crippen molar-refractivity contribution in [2.24, 2.45) is 0 Å². The maximum Gasteiger partial charge on any atom is 0.0741 e. The molecule has 1 rings (SSSR count). The molecule has 2 heteroatoms. The summed E-state index contributed by atoms with van der Waals surface area (Å²) in [5.74, 6) is 0. The Hall–Kier alpha value is -0.860. The van der Waals surface area contributed by atoms with Crippen LogP contribution in [0.2, 0.25) is 0 Å². The zero-order valence-electron chi connectivity index (χ0n) is 12.2. The molecule has 0 saturated heterocycles. The van der Waals surface area contributed by atoms with Crippen molar-refractivity contribution in [2.45, 2.75) is 52.7 Å². The van der Waals surface area contributed by atoms with E-state index in [0.29, 0.717) is 0 Å². The molecule has 0 aliphatic carbocycles. The van der Waals surface area contributed by atoms with E-state index in [1.807, 2.05) is 6.92 Å². The van der Waals surface area contributed by atoms with E-state index in [1.54, 1.807) is 0 Å². The number of benzene rings is 1. The first-order valence-electron chi connectivity index (χ1n) is 7.16. The molecule has 1 aromatic rings. The van der Waals surface area contributed by atoms with Gasteiger partial charge in [-0.05, 0) is 37.9 Å². The van der Waals surface area contributed by atoms with Crippen molar-refractivity contribution in [3.05, 3.63) is 35.4 Å². The van der Waals surface area contributed by atoms with Crippen LogP contribution in [0.15, 0.2) is 24.3 Å². The Balaban J connectivity index is 2.78. The summed E-state index contributed by atoms with van der Waals surface area (Å²) < 4.78 is 5.73. The zero-order chi connectivity index (χ0) is 13.4. The van der Waals surface area contributed by atoms with Crippen LogP contribution in [-0.4, -0.2) is 19.3 Å². The lowest BCUT2D eigenvalue weighted by Crippen LogP contribution is -2.32. The van der Waals surface area contributed by atoms with Crippen LogP contribution in [0.5, 0.6) is 0 Å². The molecule has 0 aliphatic heterocycles. The summed E-state index contributed by atoms with van der Waals surface area (Å²) in [5, 5.41) is 3.51. The van der Waals surface area contributed by atoms with Crippen LogP contribution in [-0.2, 0) is 11.2 Å². The summed E-state index contributed by atoms with van der Waals surface area (Å²) in [5.41, 5.74) is 2.73. The Morgan fingerprint density at radius 1 is 1.11 bits per heavy atom. The van der Waals surface area contributed by atoms with E-state index in [1.165, 1.54) is 17.5 Å². The molecule has 2 unspecified atom stereocenters. The molecule has 0 aliphatic rings. The van der Waals surface area contributed by atoms with Crippen molar-refractivity contribution in [3.8, 4) is 0 Å². The molecule has 2 nitrogen and oxygen atoms in total. The van der Waals surface area contributed by atoms with Gasteiger partial charge in [-0.1, -0.05) is 44.5 Å². The minimum atomic E-state index is 0.201. The lowest BCUT2D eigenvalue weighted by atomic mass is 9.99. The Kier molecular flexibility index (Phi) is 6.99. The number of hydrogen-bond acceptors (Lipinski definition) is 2. The standard InChI is InChI=1S/C16H27NO/c1-5-8-14-9-11-15(12-10-14)16(17-6-2)13(4)18-7-3/h9-13,16-17H,5-8H2,1-4H3. The minimum absolute atomic E-state index is 0.201. The highest BCUT2D eigenvalue weighted by atomic mass is 16.5. The first-order valence-corrected chi connectivity index (χ1v) is 7.16. The van der Waals surface area contributed by atoms with Crippen LogP contribution in [0.1, 0.15) is 51.3 Å². The van der Waals surface area contributed by atoms with Gasteiger partial charge in [-0.25, -0.2) is 0 Å². The predicted molar refractivity (Wildman–Crippen MR) is 77.9 cm³/mol. The van der Waals surface area contributed by atoms with Gasteiger partial charge in [0.15, 0.2) is 0 Å². The lowest BCUT2D eigenvalue weighted by Gasteiger charge is -2.25. The first-order chi connectivity index (χ1) is 8.72. The number of rotatable bonds is 8. The van der Waals surface area contributed by atoms with Crippen LogP contribution >= 0.6 is 0 Å². The summed E-state index contributed by atoms with van der Waals surface area (Å²) in [6.07, 6.45) is 2.56. The molecule has 0 spiro atoms. The van der Waals surface area contributed by atoms with Crippen molar-refractivity contribution >= 4 is 0 Å². The van der Waals surface area contributed by atoms with Crippen LogP contribution in [0.3, 0.4) is 0 Å². The number of aryl methyl sites for hydroxylation is 1. The smallest absolute Gasteiger partial charge is 0.0741 e. The third kappa shape index (κ3) is 4.43. The van der Waals surface area contributed by atoms with Gasteiger partial charge in [0.1, 0.15) is 0 Å². The van der Waals surface area contributed by atoms with E-state index in [-0.39, 0.29) is 12.1 Å². The fourth-order valence-electron chi connectivity index (χ4n) is 2.31. The van der Waals surface area contributed by atoms with Gasteiger partial charge in [0, 0.05) is 6.61 Å². The Bertz CT molecular complexity index is 320. The SMILES string of the molecule is CCCc1ccc(C(NCC)C(C)OCC)cc1. The van der Waals surface area contributed by atoms with Gasteiger partial charge in [0.25, 0.3) is 0 Å². The van der Waals surface area contributed by atoms with Crippen LogP contribution in [0, 0.1) is 0 Å². The second-order valence-corrected chi connectivity index (χ2v) is 4.69. The minimum Gasteiger partial charge on any atom is -0.377 e. The highest BCUT2D eigenvalue weighted by Gasteiger charge is 2.18. The summed E-state index contributed by atoms with van der Waals surface area (Å²) in [4.78, 5) is 0. The molecule has 1 N–H and O–H groups in total. The van der Waals surface area contributed by atoms with Gasteiger partial charge in [-0.15, -0.1) is 0 Å². The topological polar surface area (TPSA) is 21.3 Å². The van der Waals surface area contributed by atoms with Gasteiger partial charge < -0.3 is 10.1 Å². The van der Waals surface area contributed by atoms with E-state index in [0.717, 1.165) is 19.6 Å². The molecule has 0 radical (unpaired) electrons. The molecule has 0 amide bonds. The monoisotopic (exact) mass is 249 g/mol. The molecule has 0 saturated carbocycles. The molecule has 0 aromatic heterocycles. The number of likely N-dealkylation sites (N-methyl/N-ethyl adjacent to an activating group) is 1. The third-order valence-corrected chi connectivity index (χ3v) is 3.20. The van der Waals surface area contributed by atoms with Gasteiger partial charge >= 0.3 is 0 Å². The Labute approximate surface area is 112 Å². The predicted octanol–water partition coefficient (Wildman–Crippen LogP) is 3.71. The molecule has 2 atom stereocenters. The average molecular weight is 249 g/mol. The van der Waals surface area contributed by atoms with E-state index in [9.17, 15) is 0 Å². The first kappa shape index (κ1) is 15.2. The second kappa shape index (κ2) is 8.28. The molecule has 0 heterocycles. The summed E-state index contributed by atoms with van der Waals surface area (Å²) in [7, 11) is 0. The van der Waals surface area contributed by atoms with E-state index >= 15 is 0 Å². The highest BCUT2D eigenvalue weighted by molar-refractivity contribution is 5.26. The molecular weight excluding hydrogens is 222 g/mol. The van der Waals surface area contributed by atoms with Crippen molar-refractivity contribution in [2.75, 3.05) is 13.2 Å². The summed E-state index contributed by atoms with van der Waals surface area (Å²) >= 11 is 0. The fraction of sp³-hybridized carbons (Fsp3) is 0.625. The van der Waals surface area contributed by atoms with Crippen molar-refractivity contribution in [3.63, 3.8) is 0 Å².